The van der Waals surface area contributed by atoms with Gasteiger partial charge in [0.2, 0.25) is 23.6 Å². The van der Waals surface area contributed by atoms with E-state index in [1.165, 1.54) is 11.8 Å². The van der Waals surface area contributed by atoms with Gasteiger partial charge < -0.3 is 54.0 Å². The van der Waals surface area contributed by atoms with Crippen LogP contribution in [0, 0.1) is 0 Å². The van der Waals surface area contributed by atoms with Gasteiger partial charge in [0.15, 0.2) is 12.0 Å². The van der Waals surface area contributed by atoms with Crippen molar-refractivity contribution in [2.45, 2.75) is 95.1 Å². The molecule has 228 valence electrons. The number of carbonyl (C=O) groups is 5. The Hall–Kier alpha value is -3.50. The second-order valence-corrected chi connectivity index (χ2v) is 9.95. The zero-order chi connectivity index (χ0) is 30.4. The normalized spacial score (nSPS) is 18.5. The third-order valence-corrected chi connectivity index (χ3v) is 6.43. The van der Waals surface area contributed by atoms with Crippen molar-refractivity contribution in [1.82, 2.24) is 20.9 Å². The summed E-state index contributed by atoms with van der Waals surface area (Å²) < 4.78 is 0. The molecule has 1 rings (SSSR count). The molecule has 6 atom stereocenters. The average molecular weight is 572 g/mol. The highest BCUT2D eigenvalue weighted by molar-refractivity contribution is 5.94. The minimum Gasteiger partial charge on any atom is -0.480 e. The molecule has 13 N–H and O–H groups in total. The lowest BCUT2D eigenvalue weighted by Crippen LogP contribution is -2.57. The Morgan fingerprint density at radius 1 is 1.00 bits per heavy atom. The molecule has 0 bridgehead atoms. The zero-order valence-corrected chi connectivity index (χ0v) is 23.2. The van der Waals surface area contributed by atoms with E-state index in [-0.39, 0.29) is 18.3 Å². The molecule has 0 aromatic heterocycles. The molecule has 16 nitrogen and oxygen atoms in total. The van der Waals surface area contributed by atoms with Gasteiger partial charge in [-0.15, -0.1) is 0 Å². The number of amides is 4. The molecule has 40 heavy (non-hydrogen) atoms. The molecule has 16 heteroatoms. The summed E-state index contributed by atoms with van der Waals surface area (Å²) in [5.74, 6) is -3.61. The maximum atomic E-state index is 13.2. The van der Waals surface area contributed by atoms with Crippen LogP contribution in [0.3, 0.4) is 0 Å². The maximum absolute atomic E-state index is 13.2. The number of carboxylic acid groups (broad SMARTS) is 1. The first kappa shape index (κ1) is 34.5. The van der Waals surface area contributed by atoms with Crippen molar-refractivity contribution in [3.8, 4) is 0 Å². The fourth-order valence-corrected chi connectivity index (χ4v) is 4.18. The van der Waals surface area contributed by atoms with Gasteiger partial charge in [0.25, 0.3) is 0 Å². The van der Waals surface area contributed by atoms with E-state index in [0.29, 0.717) is 58.2 Å². The number of hydrogen-bond acceptors (Lipinski definition) is 9. The number of carbonyl (C=O) groups excluding carboxylic acids is 4. The second-order valence-electron chi connectivity index (χ2n) is 9.95. The lowest BCUT2D eigenvalue weighted by molar-refractivity contribution is -0.145. The highest BCUT2D eigenvalue weighted by atomic mass is 16.4. The number of nitrogens with one attached hydrogen (secondary N) is 3. The molecule has 0 aliphatic carbocycles. The van der Waals surface area contributed by atoms with Crippen molar-refractivity contribution in [1.29, 1.82) is 0 Å². The van der Waals surface area contributed by atoms with Gasteiger partial charge in [0, 0.05) is 19.6 Å². The highest BCUT2D eigenvalue weighted by Crippen LogP contribution is 2.20. The maximum Gasteiger partial charge on any atom is 0.328 e. The number of hydrogen-bond donors (Lipinski definition) is 9. The summed E-state index contributed by atoms with van der Waals surface area (Å²) in [5, 5.41) is 26.6. The van der Waals surface area contributed by atoms with Crippen molar-refractivity contribution >= 4 is 35.6 Å². The van der Waals surface area contributed by atoms with Crippen LogP contribution < -0.4 is 38.9 Å². The zero-order valence-electron chi connectivity index (χ0n) is 23.2. The molecule has 0 saturated carbocycles. The molecular weight excluding hydrogens is 526 g/mol. The Morgan fingerprint density at radius 3 is 2.25 bits per heavy atom. The van der Waals surface area contributed by atoms with Gasteiger partial charge in [-0.1, -0.05) is 0 Å². The third kappa shape index (κ3) is 11.7. The van der Waals surface area contributed by atoms with E-state index in [0.717, 1.165) is 0 Å². The number of unbranched alkanes of at least 4 members (excludes halogenated alkanes) is 1. The van der Waals surface area contributed by atoms with E-state index in [1.54, 1.807) is 6.92 Å². The SMILES string of the molecule is C[C@H](N)C(=O)NCCCC[C@H](NC(=O)[C@@H]1CCCN1C(=O)[C@@H](N)CCCN=C(N)N)C(=O)N[C@H](C(=O)O)[C@@H](C)O. The molecule has 0 spiro atoms. The number of nitrogens with two attached hydrogens (primary N) is 4. The third-order valence-electron chi connectivity index (χ3n) is 6.43. The van der Waals surface area contributed by atoms with Gasteiger partial charge in [-0.2, -0.15) is 0 Å². The summed E-state index contributed by atoms with van der Waals surface area (Å²) in [4.78, 5) is 67.5. The first-order chi connectivity index (χ1) is 18.8. The number of guanidine groups is 1. The standard InChI is InChI=1S/C24H45N9O7/c1-13(25)19(35)29-10-4-3-8-16(20(36)32-18(14(2)34)23(39)40)31-21(37)17-9-6-12-33(17)22(38)15(26)7-5-11-30-24(27)28/h13-18,34H,3-12,25-26H2,1-2H3,(H,29,35)(H,31,37)(H,32,36)(H,39,40)(H4,27,28,30)/t13-,14+,15-,16-,17-,18-/m0/s1. The monoisotopic (exact) mass is 571 g/mol. The fourth-order valence-electron chi connectivity index (χ4n) is 4.18. The Kier molecular flexibility index (Phi) is 14.9. The predicted octanol–water partition coefficient (Wildman–Crippen LogP) is -3.57. The van der Waals surface area contributed by atoms with Gasteiger partial charge >= 0.3 is 5.97 Å². The molecular formula is C24H45N9O7. The summed E-state index contributed by atoms with van der Waals surface area (Å²) in [7, 11) is 0. The Bertz CT molecular complexity index is 909. The van der Waals surface area contributed by atoms with Crippen LogP contribution in [0.4, 0.5) is 0 Å². The molecule has 4 amide bonds. The average Bonchev–Trinajstić information content (AvgIpc) is 3.37. The van der Waals surface area contributed by atoms with Crippen LogP contribution in [-0.2, 0) is 24.0 Å². The number of aliphatic carboxylic acids is 1. The number of rotatable bonds is 17. The molecule has 0 radical (unpaired) electrons. The van der Waals surface area contributed by atoms with Gasteiger partial charge in [0.05, 0.1) is 18.2 Å². The summed E-state index contributed by atoms with van der Waals surface area (Å²) in [6.07, 6.45) is 1.27. The highest BCUT2D eigenvalue weighted by Gasteiger charge is 2.38. The molecule has 0 unspecified atom stereocenters. The topological polar surface area (TPSA) is 282 Å². The Balaban J connectivity index is 2.88. The first-order valence-electron chi connectivity index (χ1n) is 13.4. The Morgan fingerprint density at radius 2 is 1.68 bits per heavy atom. The van der Waals surface area contributed by atoms with Crippen LogP contribution >= 0.6 is 0 Å². The summed E-state index contributed by atoms with van der Waals surface area (Å²) >= 11 is 0. The quantitative estimate of drug-likeness (QED) is 0.0467. The van der Waals surface area contributed by atoms with Gasteiger partial charge in [0.1, 0.15) is 12.1 Å². The summed E-state index contributed by atoms with van der Waals surface area (Å²) in [6, 6.07) is -5.13. The van der Waals surface area contributed by atoms with E-state index < -0.39 is 60.0 Å². The van der Waals surface area contributed by atoms with Crippen molar-refractivity contribution in [2.24, 2.45) is 27.9 Å². The molecule has 0 aromatic rings. The van der Waals surface area contributed by atoms with Gasteiger partial charge in [-0.25, -0.2) is 4.79 Å². The first-order valence-corrected chi connectivity index (χ1v) is 13.4. The summed E-state index contributed by atoms with van der Waals surface area (Å²) in [6.45, 7) is 3.68. The molecule has 1 heterocycles. The number of aliphatic hydroxyl groups excluding tert-OH is 1. The van der Waals surface area contributed by atoms with Gasteiger partial charge in [-0.05, 0) is 58.8 Å². The van der Waals surface area contributed by atoms with Crippen LogP contribution in [0.25, 0.3) is 0 Å². The molecule has 1 saturated heterocycles. The lowest BCUT2D eigenvalue weighted by Gasteiger charge is -2.29. The van der Waals surface area contributed by atoms with Crippen LogP contribution in [0.2, 0.25) is 0 Å². The number of nitrogens with zero attached hydrogens (tertiary/aromatic N) is 2. The van der Waals surface area contributed by atoms with Crippen LogP contribution in [-0.4, -0.2) is 107 Å². The van der Waals surface area contributed by atoms with Crippen molar-refractivity contribution in [2.75, 3.05) is 19.6 Å². The van der Waals surface area contributed by atoms with E-state index in [1.807, 2.05) is 0 Å². The van der Waals surface area contributed by atoms with Crippen molar-refractivity contribution in [3.63, 3.8) is 0 Å². The smallest absolute Gasteiger partial charge is 0.328 e. The minimum absolute atomic E-state index is 0.0622. The predicted molar refractivity (Wildman–Crippen MR) is 146 cm³/mol. The lowest BCUT2D eigenvalue weighted by atomic mass is 10.1. The molecule has 1 fully saturated rings. The largest absolute Gasteiger partial charge is 0.480 e. The van der Waals surface area contributed by atoms with E-state index >= 15 is 0 Å². The van der Waals surface area contributed by atoms with Crippen molar-refractivity contribution < 1.29 is 34.2 Å². The molecule has 0 aromatic carbocycles. The van der Waals surface area contributed by atoms with Gasteiger partial charge in [-0.3, -0.25) is 24.2 Å². The van der Waals surface area contributed by atoms with E-state index in [9.17, 15) is 34.2 Å². The van der Waals surface area contributed by atoms with E-state index in [4.69, 9.17) is 22.9 Å². The van der Waals surface area contributed by atoms with Crippen molar-refractivity contribution in [3.05, 3.63) is 0 Å². The van der Waals surface area contributed by atoms with Crippen LogP contribution in [0.1, 0.15) is 58.8 Å². The molecule has 1 aliphatic rings. The number of aliphatic imine (C=N–C) groups is 1. The number of likely N-dealkylation sites (tertiary alicyclic amines) is 1. The fraction of sp³-hybridized carbons (Fsp3) is 0.750. The van der Waals surface area contributed by atoms with E-state index in [2.05, 4.69) is 20.9 Å². The van der Waals surface area contributed by atoms with Crippen LogP contribution in [0.15, 0.2) is 4.99 Å². The second kappa shape index (κ2) is 17.2. The number of carboxylic acids is 1. The minimum atomic E-state index is -1.58. The summed E-state index contributed by atoms with van der Waals surface area (Å²) in [5.41, 5.74) is 22.1. The molecule has 1 aliphatic heterocycles. The Labute approximate surface area is 233 Å². The number of aliphatic hydroxyl groups is 1. The van der Waals surface area contributed by atoms with Crippen LogP contribution in [0.5, 0.6) is 0 Å².